The second kappa shape index (κ2) is 12.2. The molecule has 0 bridgehead atoms. The van der Waals surface area contributed by atoms with Crippen molar-refractivity contribution in [2.75, 3.05) is 20.3 Å². The highest BCUT2D eigenvalue weighted by atomic mass is 79.9. The first-order valence-electron chi connectivity index (χ1n) is 11.6. The lowest BCUT2D eigenvalue weighted by molar-refractivity contribution is 0.0259. The fourth-order valence-electron chi connectivity index (χ4n) is 3.83. The number of fused-ring (bicyclic) bond motifs is 1. The average molecular weight is 583 g/mol. The molecule has 0 aliphatic rings. The maximum absolute atomic E-state index is 11.7. The Hall–Kier alpha value is -3.39. The lowest BCUT2D eigenvalue weighted by atomic mass is 10.1. The molecule has 3 aromatic carbocycles. The van der Waals surface area contributed by atoms with Crippen molar-refractivity contribution in [3.8, 4) is 11.5 Å². The molecule has 4 aromatic rings. The average Bonchev–Trinajstić information content (AvgIpc) is 2.89. The molecule has 0 radical (unpaired) electrons. The van der Waals surface area contributed by atoms with E-state index in [0.29, 0.717) is 17.4 Å². The van der Waals surface area contributed by atoms with Gasteiger partial charge in [0.25, 0.3) is 0 Å². The largest absolute Gasteiger partial charge is 0.497 e. The molecule has 1 aromatic heterocycles. The van der Waals surface area contributed by atoms with Crippen LogP contribution in [-0.4, -0.2) is 36.4 Å². The number of halogens is 2. The Kier molecular flexibility index (Phi) is 8.82. The lowest BCUT2D eigenvalue weighted by Crippen LogP contribution is -2.15. The van der Waals surface area contributed by atoms with E-state index in [-0.39, 0.29) is 17.9 Å². The van der Waals surface area contributed by atoms with E-state index in [9.17, 15) is 9.90 Å². The first-order valence-corrected chi connectivity index (χ1v) is 12.7. The van der Waals surface area contributed by atoms with Crippen LogP contribution in [0.15, 0.2) is 71.2 Å². The Labute approximate surface area is 228 Å². The third-order valence-corrected chi connectivity index (χ3v) is 6.30. The zero-order valence-corrected chi connectivity index (χ0v) is 22.6. The number of carbonyl (C=O) groups is 1. The lowest BCUT2D eigenvalue weighted by Gasteiger charge is -2.20. The Morgan fingerprint density at radius 1 is 1.08 bits per heavy atom. The minimum atomic E-state index is -1.10. The van der Waals surface area contributed by atoms with Gasteiger partial charge in [0.05, 0.1) is 18.3 Å². The highest BCUT2D eigenvalue weighted by Crippen LogP contribution is 2.29. The third-order valence-electron chi connectivity index (χ3n) is 5.61. The predicted octanol–water partition coefficient (Wildman–Crippen LogP) is 7.68. The van der Waals surface area contributed by atoms with Crippen LogP contribution in [0.5, 0.6) is 11.5 Å². The van der Waals surface area contributed by atoms with E-state index in [1.807, 2.05) is 67.6 Å². The summed E-state index contributed by atoms with van der Waals surface area (Å²) in [6.45, 7) is 2.50. The molecule has 0 fully saturated rings. The van der Waals surface area contributed by atoms with Gasteiger partial charge in [0.15, 0.2) is 0 Å². The number of ether oxygens (including phenoxy) is 3. The monoisotopic (exact) mass is 581 g/mol. The zero-order valence-electron chi connectivity index (χ0n) is 20.3. The summed E-state index contributed by atoms with van der Waals surface area (Å²) in [7, 11) is 1.48. The van der Waals surface area contributed by atoms with E-state index in [1.165, 1.54) is 13.2 Å². The van der Waals surface area contributed by atoms with Crippen LogP contribution < -0.4 is 9.47 Å². The molecule has 0 saturated carbocycles. The summed E-state index contributed by atoms with van der Waals surface area (Å²) in [6.07, 6.45) is 3.50. The van der Waals surface area contributed by atoms with E-state index in [2.05, 4.69) is 20.9 Å². The smallest absolute Gasteiger partial charge is 0.339 e. The van der Waals surface area contributed by atoms with Crippen LogP contribution in [0, 0.1) is 0 Å². The molecule has 0 saturated heterocycles. The molecule has 1 atom stereocenters. The van der Waals surface area contributed by atoms with Gasteiger partial charge >= 0.3 is 5.97 Å². The second-order valence-corrected chi connectivity index (χ2v) is 9.50. The fraction of sp³-hybridized carbons (Fsp3) is 0.172. The summed E-state index contributed by atoms with van der Waals surface area (Å²) in [6, 6.07) is 20.3. The molecule has 0 amide bonds. The van der Waals surface area contributed by atoms with Crippen LogP contribution in [0.25, 0.3) is 23.1 Å². The van der Waals surface area contributed by atoms with Crippen molar-refractivity contribution < 1.29 is 24.1 Å². The van der Waals surface area contributed by atoms with Crippen LogP contribution in [0.4, 0.5) is 0 Å². The minimum absolute atomic E-state index is 0.0247. The van der Waals surface area contributed by atoms with Crippen molar-refractivity contribution in [2.24, 2.45) is 0 Å². The predicted molar refractivity (Wildman–Crippen MR) is 150 cm³/mol. The van der Waals surface area contributed by atoms with Gasteiger partial charge in [0.2, 0.25) is 0 Å². The number of aromatic nitrogens is 1. The van der Waals surface area contributed by atoms with Crippen LogP contribution >= 0.6 is 27.5 Å². The van der Waals surface area contributed by atoms with Gasteiger partial charge in [0, 0.05) is 21.5 Å². The van der Waals surface area contributed by atoms with Gasteiger partial charge < -0.3 is 19.3 Å². The summed E-state index contributed by atoms with van der Waals surface area (Å²) in [4.78, 5) is 16.4. The number of methoxy groups -OCH3 is 1. The summed E-state index contributed by atoms with van der Waals surface area (Å²) < 4.78 is 17.9. The van der Waals surface area contributed by atoms with Gasteiger partial charge in [-0.05, 0) is 78.7 Å². The Morgan fingerprint density at radius 2 is 1.89 bits per heavy atom. The first-order chi connectivity index (χ1) is 17.9. The summed E-state index contributed by atoms with van der Waals surface area (Å²) in [5, 5.41) is 11.2. The van der Waals surface area contributed by atoms with Crippen molar-refractivity contribution in [1.29, 1.82) is 0 Å². The van der Waals surface area contributed by atoms with Crippen LogP contribution in [0.3, 0.4) is 0 Å². The van der Waals surface area contributed by atoms with Crippen molar-refractivity contribution in [3.05, 3.63) is 98.6 Å². The molecule has 190 valence electrons. The zero-order chi connectivity index (χ0) is 26.4. The number of pyridine rings is 1. The maximum Gasteiger partial charge on any atom is 0.339 e. The molecule has 4 rings (SSSR count). The molecule has 6 nitrogen and oxygen atoms in total. The number of carboxylic acid groups (broad SMARTS) is 1. The number of hydrogen-bond acceptors (Lipinski definition) is 5. The minimum Gasteiger partial charge on any atom is -0.497 e. The summed E-state index contributed by atoms with van der Waals surface area (Å²) >= 11 is 9.71. The SMILES string of the molecule is CCOC(COc1ccc(OC)cc1C(=O)O)c1cc(Br)cc(/C=C/c2ccc3ccc(Cl)cc3n2)c1. The third kappa shape index (κ3) is 6.89. The van der Waals surface area contributed by atoms with Gasteiger partial charge in [-0.25, -0.2) is 9.78 Å². The first kappa shape index (κ1) is 26.7. The van der Waals surface area contributed by atoms with Crippen LogP contribution in [0.2, 0.25) is 5.02 Å². The van der Waals surface area contributed by atoms with E-state index in [1.54, 1.807) is 12.1 Å². The molecule has 1 unspecified atom stereocenters. The van der Waals surface area contributed by atoms with Gasteiger partial charge in [-0.3, -0.25) is 0 Å². The van der Waals surface area contributed by atoms with Crippen molar-refractivity contribution in [1.82, 2.24) is 4.98 Å². The Morgan fingerprint density at radius 3 is 2.65 bits per heavy atom. The summed E-state index contributed by atoms with van der Waals surface area (Å²) in [5.41, 5.74) is 3.49. The molecule has 8 heteroatoms. The van der Waals surface area contributed by atoms with E-state index >= 15 is 0 Å². The highest BCUT2D eigenvalue weighted by molar-refractivity contribution is 9.10. The van der Waals surface area contributed by atoms with Gasteiger partial charge in [-0.1, -0.05) is 45.7 Å². The standard InChI is InChI=1S/C29H25BrClNO5/c1-3-36-28(17-37-27-11-10-24(35-2)16-25(27)29(33)34)20-12-18(13-21(30)14-20)4-8-23-9-6-19-5-7-22(31)15-26(19)32-23/h4-16,28H,3,17H2,1-2H3,(H,33,34)/b8-4+. The molecule has 37 heavy (non-hydrogen) atoms. The quantitative estimate of drug-likeness (QED) is 0.207. The van der Waals surface area contributed by atoms with Crippen LogP contribution in [0.1, 0.15) is 40.2 Å². The van der Waals surface area contributed by atoms with E-state index < -0.39 is 12.1 Å². The molecular formula is C29H25BrClNO5. The molecule has 0 aliphatic carbocycles. The number of nitrogens with zero attached hydrogens (tertiary/aromatic N) is 1. The normalized spacial score (nSPS) is 12.1. The fourth-order valence-corrected chi connectivity index (χ4v) is 4.53. The molecule has 0 aliphatic heterocycles. The molecule has 0 spiro atoms. The number of carboxylic acids is 1. The van der Waals surface area contributed by atoms with Gasteiger partial charge in [0.1, 0.15) is 29.8 Å². The number of benzene rings is 3. The Bertz CT molecular complexity index is 1460. The highest BCUT2D eigenvalue weighted by Gasteiger charge is 2.18. The number of hydrogen-bond donors (Lipinski definition) is 1. The van der Waals surface area contributed by atoms with Crippen molar-refractivity contribution in [3.63, 3.8) is 0 Å². The Balaban J connectivity index is 1.56. The van der Waals surface area contributed by atoms with Gasteiger partial charge in [-0.2, -0.15) is 0 Å². The van der Waals surface area contributed by atoms with Gasteiger partial charge in [-0.15, -0.1) is 0 Å². The number of rotatable bonds is 10. The molecule has 1 heterocycles. The molecule has 1 N–H and O–H groups in total. The topological polar surface area (TPSA) is 77.9 Å². The second-order valence-electron chi connectivity index (χ2n) is 8.15. The van der Waals surface area contributed by atoms with E-state index in [0.717, 1.165) is 32.2 Å². The van der Waals surface area contributed by atoms with E-state index in [4.69, 9.17) is 25.8 Å². The van der Waals surface area contributed by atoms with Crippen LogP contribution in [-0.2, 0) is 4.74 Å². The summed E-state index contributed by atoms with van der Waals surface area (Å²) in [5.74, 6) is -0.407. The maximum atomic E-state index is 11.7. The van der Waals surface area contributed by atoms with Crippen molar-refractivity contribution >= 4 is 56.6 Å². The molecular weight excluding hydrogens is 558 g/mol. The number of aromatic carboxylic acids is 1. The van der Waals surface area contributed by atoms with Crippen molar-refractivity contribution in [2.45, 2.75) is 13.0 Å².